The van der Waals surface area contributed by atoms with Gasteiger partial charge in [-0.3, -0.25) is 9.59 Å². The molecule has 6 heteroatoms. The van der Waals surface area contributed by atoms with Crippen LogP contribution in [0.2, 0.25) is 0 Å². The minimum Gasteiger partial charge on any atom is -0.322 e. The van der Waals surface area contributed by atoms with Gasteiger partial charge in [-0.2, -0.15) is 0 Å². The molecule has 0 radical (unpaired) electrons. The molecule has 22 heavy (non-hydrogen) atoms. The molecule has 3 rings (SSSR count). The van der Waals surface area contributed by atoms with Crippen LogP contribution in [0.4, 0.5) is 0 Å². The van der Waals surface area contributed by atoms with E-state index < -0.39 is 17.8 Å². The summed E-state index contributed by atoms with van der Waals surface area (Å²) in [5, 5.41) is 0.487. The standard InChI is InChI=1S/C16H12N2O4/c1-2-10-6-5-9-17-13(10)16(21)22-18-14(19)11-7-3-4-8-12(11)15(18)20/h3-9H,2H2,1H3. The lowest BCUT2D eigenvalue weighted by atomic mass is 10.1. The Hall–Kier alpha value is -3.02. The fourth-order valence-electron chi connectivity index (χ4n) is 2.28. The van der Waals surface area contributed by atoms with Gasteiger partial charge in [0.2, 0.25) is 0 Å². The zero-order valence-electron chi connectivity index (χ0n) is 11.8. The summed E-state index contributed by atoms with van der Waals surface area (Å²) in [6, 6.07) is 9.76. The molecule has 1 aromatic heterocycles. The number of hydrogen-bond acceptors (Lipinski definition) is 5. The van der Waals surface area contributed by atoms with Crippen LogP contribution in [0.1, 0.15) is 43.7 Å². The Morgan fingerprint density at radius 1 is 1.09 bits per heavy atom. The van der Waals surface area contributed by atoms with Crippen LogP contribution in [-0.2, 0) is 11.3 Å². The Balaban J connectivity index is 1.87. The number of carbonyl (C=O) groups is 3. The molecule has 0 N–H and O–H groups in total. The van der Waals surface area contributed by atoms with Crippen molar-refractivity contribution in [2.24, 2.45) is 0 Å². The van der Waals surface area contributed by atoms with Gasteiger partial charge in [-0.25, -0.2) is 9.78 Å². The molecule has 6 nitrogen and oxygen atoms in total. The first-order valence-electron chi connectivity index (χ1n) is 6.77. The van der Waals surface area contributed by atoms with Crippen LogP contribution in [-0.4, -0.2) is 27.8 Å². The lowest BCUT2D eigenvalue weighted by molar-refractivity contribution is -0.0589. The lowest BCUT2D eigenvalue weighted by Gasteiger charge is -2.13. The Kier molecular flexibility index (Phi) is 3.42. The first-order chi connectivity index (χ1) is 10.6. The Morgan fingerprint density at radius 2 is 1.73 bits per heavy atom. The van der Waals surface area contributed by atoms with Gasteiger partial charge in [-0.1, -0.05) is 30.2 Å². The molecule has 0 unspecified atom stereocenters. The van der Waals surface area contributed by atoms with E-state index in [-0.39, 0.29) is 16.8 Å². The van der Waals surface area contributed by atoms with E-state index in [1.54, 1.807) is 24.3 Å². The van der Waals surface area contributed by atoms with Crippen LogP contribution < -0.4 is 0 Å². The van der Waals surface area contributed by atoms with E-state index in [1.807, 2.05) is 6.92 Å². The third-order valence-electron chi connectivity index (χ3n) is 3.40. The summed E-state index contributed by atoms with van der Waals surface area (Å²) in [4.78, 5) is 45.4. The van der Waals surface area contributed by atoms with E-state index >= 15 is 0 Å². The molecule has 0 spiro atoms. The van der Waals surface area contributed by atoms with E-state index in [0.717, 1.165) is 0 Å². The van der Waals surface area contributed by atoms with Crippen LogP contribution in [0.15, 0.2) is 42.6 Å². The van der Waals surface area contributed by atoms with Crippen LogP contribution >= 0.6 is 0 Å². The molecule has 0 saturated heterocycles. The van der Waals surface area contributed by atoms with Crippen LogP contribution in [0.25, 0.3) is 0 Å². The van der Waals surface area contributed by atoms with Gasteiger partial charge >= 0.3 is 5.97 Å². The molecule has 0 bridgehead atoms. The molecule has 0 saturated carbocycles. The van der Waals surface area contributed by atoms with Gasteiger partial charge in [0.1, 0.15) is 0 Å². The largest absolute Gasteiger partial charge is 0.382 e. The number of benzene rings is 1. The highest BCUT2D eigenvalue weighted by Crippen LogP contribution is 2.23. The maximum absolute atomic E-state index is 12.2. The van der Waals surface area contributed by atoms with Crippen molar-refractivity contribution in [2.75, 3.05) is 0 Å². The van der Waals surface area contributed by atoms with E-state index in [2.05, 4.69) is 4.98 Å². The first-order valence-corrected chi connectivity index (χ1v) is 6.77. The predicted molar refractivity (Wildman–Crippen MR) is 76.0 cm³/mol. The van der Waals surface area contributed by atoms with Crippen molar-refractivity contribution >= 4 is 17.8 Å². The quantitative estimate of drug-likeness (QED) is 0.810. The van der Waals surface area contributed by atoms with Crippen molar-refractivity contribution in [3.63, 3.8) is 0 Å². The third-order valence-corrected chi connectivity index (χ3v) is 3.40. The molecule has 2 amide bonds. The number of hydroxylamine groups is 2. The normalized spacial score (nSPS) is 13.2. The molecule has 1 aliphatic heterocycles. The number of rotatable bonds is 3. The second-order valence-corrected chi connectivity index (χ2v) is 4.69. The average Bonchev–Trinajstić information content (AvgIpc) is 2.80. The Labute approximate surface area is 126 Å². The number of carbonyl (C=O) groups excluding carboxylic acids is 3. The number of aryl methyl sites for hydroxylation is 1. The summed E-state index contributed by atoms with van der Waals surface area (Å²) in [5.41, 5.74) is 1.22. The fourth-order valence-corrected chi connectivity index (χ4v) is 2.28. The number of hydrogen-bond donors (Lipinski definition) is 0. The molecule has 110 valence electrons. The molecule has 1 aliphatic rings. The van der Waals surface area contributed by atoms with E-state index in [4.69, 9.17) is 4.84 Å². The van der Waals surface area contributed by atoms with Crippen molar-refractivity contribution in [1.82, 2.24) is 10.0 Å². The van der Waals surface area contributed by atoms with Crippen molar-refractivity contribution in [3.05, 3.63) is 65.0 Å². The van der Waals surface area contributed by atoms with Crippen molar-refractivity contribution in [3.8, 4) is 0 Å². The number of imide groups is 1. The SMILES string of the molecule is CCc1cccnc1C(=O)ON1C(=O)c2ccccc2C1=O. The van der Waals surface area contributed by atoms with Gasteiger partial charge in [-0.05, 0) is 30.2 Å². The van der Waals surface area contributed by atoms with E-state index in [0.29, 0.717) is 17.0 Å². The zero-order chi connectivity index (χ0) is 15.7. The van der Waals surface area contributed by atoms with Crippen molar-refractivity contribution in [2.45, 2.75) is 13.3 Å². The summed E-state index contributed by atoms with van der Waals surface area (Å²) in [5.74, 6) is -2.13. The summed E-state index contributed by atoms with van der Waals surface area (Å²) >= 11 is 0. The first kappa shape index (κ1) is 13.9. The number of aromatic nitrogens is 1. The van der Waals surface area contributed by atoms with Crippen molar-refractivity contribution < 1.29 is 19.2 Å². The monoisotopic (exact) mass is 296 g/mol. The fraction of sp³-hybridized carbons (Fsp3) is 0.125. The highest BCUT2D eigenvalue weighted by atomic mass is 16.7. The summed E-state index contributed by atoms with van der Waals surface area (Å²) in [7, 11) is 0. The van der Waals surface area contributed by atoms with E-state index in [9.17, 15) is 14.4 Å². The maximum atomic E-state index is 12.2. The highest BCUT2D eigenvalue weighted by molar-refractivity contribution is 6.21. The maximum Gasteiger partial charge on any atom is 0.382 e. The number of pyridine rings is 1. The van der Waals surface area contributed by atoms with E-state index in [1.165, 1.54) is 18.3 Å². The molecule has 2 heterocycles. The van der Waals surface area contributed by atoms with Crippen LogP contribution in [0, 0.1) is 0 Å². The van der Waals surface area contributed by atoms with Gasteiger partial charge in [0.25, 0.3) is 11.8 Å². The minimum atomic E-state index is -0.827. The number of fused-ring (bicyclic) bond motifs is 1. The molecule has 1 aromatic carbocycles. The highest BCUT2D eigenvalue weighted by Gasteiger charge is 2.39. The third kappa shape index (κ3) is 2.14. The molecule has 0 atom stereocenters. The Bertz CT molecular complexity index is 750. The molecular formula is C16H12N2O4. The lowest BCUT2D eigenvalue weighted by Crippen LogP contribution is -2.33. The van der Waals surface area contributed by atoms with Crippen LogP contribution in [0.3, 0.4) is 0 Å². The zero-order valence-corrected chi connectivity index (χ0v) is 11.8. The summed E-state index contributed by atoms with van der Waals surface area (Å²) in [6.07, 6.45) is 2.04. The van der Waals surface area contributed by atoms with Gasteiger partial charge in [0.05, 0.1) is 11.1 Å². The van der Waals surface area contributed by atoms with Gasteiger partial charge < -0.3 is 4.84 Å². The van der Waals surface area contributed by atoms with Crippen LogP contribution in [0.5, 0.6) is 0 Å². The van der Waals surface area contributed by atoms with Gasteiger partial charge in [0.15, 0.2) is 5.69 Å². The Morgan fingerprint density at radius 3 is 2.32 bits per heavy atom. The molecule has 2 aromatic rings. The summed E-state index contributed by atoms with van der Waals surface area (Å²) in [6.45, 7) is 1.87. The van der Waals surface area contributed by atoms with Gasteiger partial charge in [-0.15, -0.1) is 0 Å². The number of nitrogens with zero attached hydrogens (tertiary/aromatic N) is 2. The minimum absolute atomic E-state index is 0.0987. The average molecular weight is 296 g/mol. The smallest absolute Gasteiger partial charge is 0.322 e. The molecular weight excluding hydrogens is 284 g/mol. The summed E-state index contributed by atoms with van der Waals surface area (Å²) < 4.78 is 0. The second kappa shape index (κ2) is 5.40. The molecule has 0 aliphatic carbocycles. The van der Waals surface area contributed by atoms with Gasteiger partial charge in [0, 0.05) is 6.20 Å². The number of amides is 2. The second-order valence-electron chi connectivity index (χ2n) is 4.69. The van der Waals surface area contributed by atoms with Crippen molar-refractivity contribution in [1.29, 1.82) is 0 Å². The topological polar surface area (TPSA) is 76.6 Å². The molecule has 0 fully saturated rings. The predicted octanol–water partition coefficient (Wildman–Crippen LogP) is 2.01.